The molecule has 3 aliphatic rings. The third-order valence-electron chi connectivity index (χ3n) is 11.9. The molecule has 13 nitrogen and oxygen atoms in total. The SMILES string of the molecule is CC[C@@H]1OC(=O)[C@H](C)C(=O)[C@H](C)[C@@H](O[C@@H]2O[C@H](C)C[C@H](N(C)C)[C@H]2O)[C@@](C)(OC/C=C/c2cccc3ncccc23)C[C@@H](C)C(=O)[C@@H](C)[C@H]2NC(=O)O[C@]12C. The molecule has 3 fully saturated rings. The molecule has 0 saturated carbocycles. The topological polar surface area (TPSA) is 163 Å². The maximum Gasteiger partial charge on any atom is 0.408 e. The lowest BCUT2D eigenvalue weighted by molar-refractivity contribution is -0.296. The lowest BCUT2D eigenvalue weighted by Gasteiger charge is -2.47. The minimum atomic E-state index is -1.38. The lowest BCUT2D eigenvalue weighted by atomic mass is 9.73. The lowest BCUT2D eigenvalue weighted by Crippen LogP contribution is -2.60. The Bertz CT molecular complexity index is 1750. The highest BCUT2D eigenvalue weighted by atomic mass is 16.7. The number of ether oxygens (including phenoxy) is 5. The number of alkyl carbamates (subject to hydrolysis) is 1. The van der Waals surface area contributed by atoms with Crippen LogP contribution in [0.2, 0.25) is 0 Å². The molecule has 302 valence electrons. The smallest absolute Gasteiger partial charge is 0.408 e. The van der Waals surface area contributed by atoms with Gasteiger partial charge in [-0.05, 0) is 78.7 Å². The zero-order valence-corrected chi connectivity index (χ0v) is 33.8. The Labute approximate surface area is 324 Å². The van der Waals surface area contributed by atoms with Gasteiger partial charge in [-0.2, -0.15) is 0 Å². The second-order valence-electron chi connectivity index (χ2n) is 16.3. The van der Waals surface area contributed by atoms with E-state index in [9.17, 15) is 24.3 Å². The van der Waals surface area contributed by atoms with Crippen molar-refractivity contribution >= 4 is 40.6 Å². The highest BCUT2D eigenvalue weighted by Crippen LogP contribution is 2.40. The maximum absolute atomic E-state index is 14.4. The first kappa shape index (κ1) is 42.4. The van der Waals surface area contributed by atoms with Crippen molar-refractivity contribution in [3.05, 3.63) is 48.2 Å². The molecule has 13 atom stereocenters. The molecule has 4 heterocycles. The number of amides is 1. The molecule has 5 rings (SSSR count). The third kappa shape index (κ3) is 8.81. The molecule has 3 aliphatic heterocycles. The summed E-state index contributed by atoms with van der Waals surface area (Å²) in [6, 6.07) is 8.58. The van der Waals surface area contributed by atoms with Crippen molar-refractivity contribution in [2.75, 3.05) is 20.7 Å². The monoisotopic (exact) mass is 765 g/mol. The molecule has 0 radical (unpaired) electrons. The number of ketones is 2. The van der Waals surface area contributed by atoms with Gasteiger partial charge in [0.2, 0.25) is 0 Å². The maximum atomic E-state index is 14.4. The molecule has 3 saturated heterocycles. The Morgan fingerprint density at radius 3 is 2.44 bits per heavy atom. The van der Waals surface area contributed by atoms with E-state index in [1.165, 1.54) is 6.92 Å². The number of aliphatic hydroxyl groups is 1. The summed E-state index contributed by atoms with van der Waals surface area (Å²) >= 11 is 0. The Hall–Kier alpha value is -3.75. The first-order chi connectivity index (χ1) is 25.9. The number of rotatable bonds is 8. The third-order valence-corrected chi connectivity index (χ3v) is 11.9. The number of pyridine rings is 1. The van der Waals surface area contributed by atoms with Crippen molar-refractivity contribution in [3.8, 4) is 0 Å². The van der Waals surface area contributed by atoms with Crippen LogP contribution in [0.25, 0.3) is 17.0 Å². The summed E-state index contributed by atoms with van der Waals surface area (Å²) in [5.41, 5.74) is -0.955. The Kier molecular flexibility index (Phi) is 13.2. The number of esters is 1. The first-order valence-corrected chi connectivity index (χ1v) is 19.5. The van der Waals surface area contributed by atoms with Crippen LogP contribution in [0, 0.1) is 23.7 Å². The van der Waals surface area contributed by atoms with Crippen molar-refractivity contribution in [1.29, 1.82) is 0 Å². The van der Waals surface area contributed by atoms with Crippen molar-refractivity contribution in [2.45, 2.75) is 129 Å². The summed E-state index contributed by atoms with van der Waals surface area (Å²) in [5, 5.41) is 15.3. The van der Waals surface area contributed by atoms with Gasteiger partial charge in [-0.15, -0.1) is 0 Å². The molecule has 2 N–H and O–H groups in total. The average molecular weight is 766 g/mol. The van der Waals surface area contributed by atoms with E-state index in [1.807, 2.05) is 68.4 Å². The van der Waals surface area contributed by atoms with Gasteiger partial charge in [0.05, 0.1) is 36.0 Å². The van der Waals surface area contributed by atoms with Crippen LogP contribution in [0.5, 0.6) is 0 Å². The Morgan fingerprint density at radius 1 is 1.02 bits per heavy atom. The number of Topliss-reactive ketones (excluding diaryl/α,β-unsaturated/α-hetero) is 2. The molecule has 0 spiro atoms. The Morgan fingerprint density at radius 2 is 1.75 bits per heavy atom. The van der Waals surface area contributed by atoms with Gasteiger partial charge < -0.3 is 39.0 Å². The van der Waals surface area contributed by atoms with Crippen molar-refractivity contribution in [2.24, 2.45) is 23.7 Å². The summed E-state index contributed by atoms with van der Waals surface area (Å²) in [5.74, 6) is -5.12. The van der Waals surface area contributed by atoms with E-state index in [-0.39, 0.29) is 37.4 Å². The predicted octanol–water partition coefficient (Wildman–Crippen LogP) is 5.11. The number of carbonyl (C=O) groups is 4. The number of cyclic esters (lactones) is 1. The molecule has 1 amide bonds. The zero-order chi connectivity index (χ0) is 40.4. The number of hydrogen-bond acceptors (Lipinski definition) is 12. The van der Waals surface area contributed by atoms with Crippen molar-refractivity contribution < 1.29 is 48.0 Å². The average Bonchev–Trinajstić information content (AvgIpc) is 3.47. The molecule has 55 heavy (non-hydrogen) atoms. The molecular weight excluding hydrogens is 706 g/mol. The largest absolute Gasteiger partial charge is 0.458 e. The van der Waals surface area contributed by atoms with E-state index < -0.39 is 83.4 Å². The minimum Gasteiger partial charge on any atom is -0.458 e. The minimum absolute atomic E-state index is 0.0650. The van der Waals surface area contributed by atoms with Crippen molar-refractivity contribution in [1.82, 2.24) is 15.2 Å². The van der Waals surface area contributed by atoms with Crippen LogP contribution in [0.4, 0.5) is 4.79 Å². The second-order valence-corrected chi connectivity index (χ2v) is 16.3. The molecule has 0 unspecified atom stereocenters. The fourth-order valence-corrected chi connectivity index (χ4v) is 8.81. The number of likely N-dealkylation sites (N-methyl/N-ethyl adjacent to an activating group) is 1. The number of fused-ring (bicyclic) bond motifs is 2. The van der Waals surface area contributed by atoms with E-state index in [4.69, 9.17) is 23.7 Å². The number of carbonyl (C=O) groups excluding carboxylic acids is 4. The zero-order valence-electron chi connectivity index (χ0n) is 33.8. The highest BCUT2D eigenvalue weighted by molar-refractivity contribution is 6.00. The molecule has 0 bridgehead atoms. The van der Waals surface area contributed by atoms with Crippen LogP contribution in [0.3, 0.4) is 0 Å². The number of aliphatic hydroxyl groups excluding tert-OH is 1. The van der Waals surface area contributed by atoms with Crippen molar-refractivity contribution in [3.63, 3.8) is 0 Å². The highest BCUT2D eigenvalue weighted by Gasteiger charge is 2.57. The summed E-state index contributed by atoms with van der Waals surface area (Å²) in [6.07, 6.45) is 1.16. The van der Waals surface area contributed by atoms with E-state index in [1.54, 1.807) is 47.7 Å². The summed E-state index contributed by atoms with van der Waals surface area (Å²) < 4.78 is 31.4. The number of nitrogens with one attached hydrogen (secondary N) is 1. The van der Waals surface area contributed by atoms with Crippen LogP contribution >= 0.6 is 0 Å². The van der Waals surface area contributed by atoms with Gasteiger partial charge in [0, 0.05) is 35.4 Å². The van der Waals surface area contributed by atoms with Gasteiger partial charge in [-0.25, -0.2) is 4.79 Å². The van der Waals surface area contributed by atoms with Gasteiger partial charge in [0.15, 0.2) is 17.7 Å². The molecule has 2 aromatic rings. The number of aromatic nitrogens is 1. The second kappa shape index (κ2) is 17.2. The van der Waals surface area contributed by atoms with Crippen LogP contribution in [0.15, 0.2) is 42.6 Å². The van der Waals surface area contributed by atoms with E-state index >= 15 is 0 Å². The molecule has 1 aromatic carbocycles. The molecule has 0 aliphatic carbocycles. The van der Waals surface area contributed by atoms with Gasteiger partial charge >= 0.3 is 12.1 Å². The van der Waals surface area contributed by atoms with Crippen LogP contribution in [-0.4, -0.2) is 113 Å². The summed E-state index contributed by atoms with van der Waals surface area (Å²) in [7, 11) is 3.74. The van der Waals surface area contributed by atoms with E-state index in [0.717, 1.165) is 16.5 Å². The molecular formula is C42H59N3O10. The summed E-state index contributed by atoms with van der Waals surface area (Å²) in [4.78, 5) is 61.8. The molecule has 1 aromatic heterocycles. The number of benzene rings is 1. The van der Waals surface area contributed by atoms with E-state index in [0.29, 0.717) is 6.42 Å². The van der Waals surface area contributed by atoms with Gasteiger partial charge in [0.1, 0.15) is 23.9 Å². The quantitative estimate of drug-likeness (QED) is 0.270. The van der Waals surface area contributed by atoms with E-state index in [2.05, 4.69) is 10.3 Å². The normalized spacial score (nSPS) is 38.1. The van der Waals surface area contributed by atoms with Crippen LogP contribution in [-0.2, 0) is 38.1 Å². The van der Waals surface area contributed by atoms with Gasteiger partial charge in [0.25, 0.3) is 0 Å². The Balaban J connectivity index is 1.57. The van der Waals surface area contributed by atoms with Gasteiger partial charge in [-0.3, -0.25) is 19.4 Å². The fraction of sp³-hybridized carbons (Fsp3) is 0.643. The first-order valence-electron chi connectivity index (χ1n) is 19.5. The number of nitrogens with zero attached hydrogens (tertiary/aromatic N) is 2. The predicted molar refractivity (Wildman–Crippen MR) is 206 cm³/mol. The summed E-state index contributed by atoms with van der Waals surface area (Å²) in [6.45, 7) is 13.9. The number of hydrogen-bond donors (Lipinski definition) is 2. The van der Waals surface area contributed by atoms with Crippen LogP contribution in [0.1, 0.15) is 80.2 Å². The molecule has 13 heteroatoms. The standard InChI is InChI=1S/C42H59N3O10/c1-11-32-42(8)36(44-40(50)55-42)25(4)33(46)23(2)22-41(7,51-20-14-16-28-15-12-18-30-29(28)17-13-19-43-30)37(26(5)34(47)27(6)38(49)53-32)54-39-35(48)31(45(9)10)21-24(3)52-39/h12-19,23-27,31-32,35-37,39,48H,11,20-22H2,1-10H3,(H,44,50)/b16-14+/t23-,24-,25-,26+,27-,31+,32+,35-,36-,37-,39+,41+,42-/m1/s1. The fourth-order valence-electron chi connectivity index (χ4n) is 8.81. The van der Waals surface area contributed by atoms with Gasteiger partial charge in [-0.1, -0.05) is 58.0 Å². The van der Waals surface area contributed by atoms with Crippen LogP contribution < -0.4 is 5.32 Å².